The van der Waals surface area contributed by atoms with E-state index in [1.807, 2.05) is 25.1 Å². The van der Waals surface area contributed by atoms with Gasteiger partial charge >= 0.3 is 0 Å². The summed E-state index contributed by atoms with van der Waals surface area (Å²) in [5.41, 5.74) is 7.74. The molecule has 84 valence electrons. The van der Waals surface area contributed by atoms with Crippen molar-refractivity contribution >= 4 is 32.3 Å². The van der Waals surface area contributed by atoms with Crippen LogP contribution in [0.1, 0.15) is 5.01 Å². The highest BCUT2D eigenvalue weighted by Crippen LogP contribution is 2.34. The fourth-order valence-electron chi connectivity index (χ4n) is 1.46. The summed E-state index contributed by atoms with van der Waals surface area (Å²) < 4.78 is 6.08. The molecule has 0 aliphatic carbocycles. The van der Waals surface area contributed by atoms with Crippen LogP contribution in [-0.2, 0) is 0 Å². The van der Waals surface area contributed by atoms with E-state index in [9.17, 15) is 0 Å². The normalized spacial score (nSPS) is 10.4. The van der Waals surface area contributed by atoms with Crippen molar-refractivity contribution in [2.24, 2.45) is 0 Å². The highest BCUT2D eigenvalue weighted by Gasteiger charge is 2.10. The second kappa shape index (κ2) is 4.43. The maximum Gasteiger partial charge on any atom is 0.133 e. The number of anilines is 1. The lowest BCUT2D eigenvalue weighted by molar-refractivity contribution is 0.412. The summed E-state index contributed by atoms with van der Waals surface area (Å²) in [6, 6.07) is 5.81. The minimum absolute atomic E-state index is 0.745. The quantitative estimate of drug-likeness (QED) is 0.923. The Morgan fingerprint density at radius 3 is 2.69 bits per heavy atom. The number of thiazole rings is 1. The molecule has 0 radical (unpaired) electrons. The van der Waals surface area contributed by atoms with Gasteiger partial charge in [0.1, 0.15) is 16.4 Å². The van der Waals surface area contributed by atoms with Gasteiger partial charge < -0.3 is 10.5 Å². The molecule has 2 aromatic rings. The first-order chi connectivity index (χ1) is 7.61. The molecule has 1 aromatic heterocycles. The van der Waals surface area contributed by atoms with Crippen molar-refractivity contribution < 1.29 is 4.74 Å². The third-order valence-corrected chi connectivity index (χ3v) is 3.61. The minimum atomic E-state index is 0.745. The Morgan fingerprint density at radius 2 is 2.19 bits per heavy atom. The highest BCUT2D eigenvalue weighted by atomic mass is 79.9. The van der Waals surface area contributed by atoms with Gasteiger partial charge in [-0.05, 0) is 41.1 Å². The molecule has 0 saturated heterocycles. The van der Waals surface area contributed by atoms with Gasteiger partial charge in [0.25, 0.3) is 0 Å². The van der Waals surface area contributed by atoms with Gasteiger partial charge in [-0.15, -0.1) is 11.3 Å². The smallest absolute Gasteiger partial charge is 0.133 e. The first-order valence-corrected chi connectivity index (χ1v) is 6.29. The fraction of sp³-hybridized carbons (Fsp3) is 0.182. The van der Waals surface area contributed by atoms with Crippen LogP contribution in [0.15, 0.2) is 22.7 Å². The molecule has 0 saturated carbocycles. The first-order valence-electron chi connectivity index (χ1n) is 4.68. The molecule has 0 amide bonds. The summed E-state index contributed by atoms with van der Waals surface area (Å²) >= 11 is 4.95. The van der Waals surface area contributed by atoms with Crippen LogP contribution in [0.3, 0.4) is 0 Å². The van der Waals surface area contributed by atoms with E-state index in [0.717, 1.165) is 31.5 Å². The van der Waals surface area contributed by atoms with Crippen molar-refractivity contribution in [1.82, 2.24) is 4.98 Å². The third kappa shape index (κ3) is 2.05. The van der Waals surface area contributed by atoms with E-state index in [2.05, 4.69) is 20.9 Å². The minimum Gasteiger partial charge on any atom is -0.496 e. The zero-order valence-corrected chi connectivity index (χ0v) is 11.4. The van der Waals surface area contributed by atoms with Gasteiger partial charge in [-0.3, -0.25) is 0 Å². The van der Waals surface area contributed by atoms with Crippen molar-refractivity contribution in [2.75, 3.05) is 12.8 Å². The number of nitrogens with two attached hydrogens (primary N) is 1. The van der Waals surface area contributed by atoms with E-state index >= 15 is 0 Å². The van der Waals surface area contributed by atoms with Gasteiger partial charge in [-0.1, -0.05) is 0 Å². The summed E-state index contributed by atoms with van der Waals surface area (Å²) in [5.74, 6) is 0.800. The van der Waals surface area contributed by atoms with Crippen LogP contribution in [0.2, 0.25) is 0 Å². The first kappa shape index (κ1) is 11.4. The summed E-state index contributed by atoms with van der Waals surface area (Å²) in [4.78, 5) is 4.41. The molecule has 0 unspecified atom stereocenters. The molecule has 0 aliphatic heterocycles. The van der Waals surface area contributed by atoms with Gasteiger partial charge in [0.2, 0.25) is 0 Å². The maximum atomic E-state index is 5.90. The molecule has 0 bridgehead atoms. The van der Waals surface area contributed by atoms with E-state index in [0.29, 0.717) is 0 Å². The number of ether oxygens (including phenoxy) is 1. The Hall–Kier alpha value is -1.07. The summed E-state index contributed by atoms with van der Waals surface area (Å²) in [7, 11) is 1.64. The van der Waals surface area contributed by atoms with Crippen molar-refractivity contribution in [2.45, 2.75) is 6.92 Å². The number of aryl methyl sites for hydroxylation is 1. The summed E-state index contributed by atoms with van der Waals surface area (Å²) in [5, 5.41) is 1.72. The lowest BCUT2D eigenvalue weighted by Crippen LogP contribution is -1.88. The second-order valence-corrected chi connectivity index (χ2v) is 5.38. The second-order valence-electron chi connectivity index (χ2n) is 3.30. The third-order valence-electron chi connectivity index (χ3n) is 2.19. The SMILES string of the molecule is COc1ccc(-c2nc(C)sc2N)cc1Br. The molecule has 2 N–H and O–H groups in total. The molecular weight excluding hydrogens is 288 g/mol. The topological polar surface area (TPSA) is 48.1 Å². The maximum absolute atomic E-state index is 5.90. The van der Waals surface area contributed by atoms with Crippen molar-refractivity contribution in [1.29, 1.82) is 0 Å². The number of nitrogens with zero attached hydrogens (tertiary/aromatic N) is 1. The monoisotopic (exact) mass is 298 g/mol. The Morgan fingerprint density at radius 1 is 1.44 bits per heavy atom. The highest BCUT2D eigenvalue weighted by molar-refractivity contribution is 9.10. The zero-order valence-electron chi connectivity index (χ0n) is 8.95. The van der Waals surface area contributed by atoms with E-state index in [1.165, 1.54) is 11.3 Å². The lowest BCUT2D eigenvalue weighted by Gasteiger charge is -2.05. The number of halogens is 1. The molecule has 0 fully saturated rings. The molecule has 2 rings (SSSR count). The van der Waals surface area contributed by atoms with Crippen molar-refractivity contribution in [3.63, 3.8) is 0 Å². The molecule has 3 nitrogen and oxygen atoms in total. The van der Waals surface area contributed by atoms with E-state index in [4.69, 9.17) is 10.5 Å². The molecule has 0 atom stereocenters. The predicted octanol–water partition coefficient (Wildman–Crippen LogP) is 3.47. The average Bonchev–Trinajstić information content (AvgIpc) is 2.58. The Balaban J connectivity index is 2.49. The van der Waals surface area contributed by atoms with Crippen molar-refractivity contribution in [3.05, 3.63) is 27.7 Å². The molecule has 1 heterocycles. The summed E-state index contributed by atoms with van der Waals surface area (Å²) in [6.45, 7) is 1.95. The largest absolute Gasteiger partial charge is 0.496 e. The van der Waals surface area contributed by atoms with Gasteiger partial charge in [-0.2, -0.15) is 0 Å². The standard InChI is InChI=1S/C11H11BrN2OS/c1-6-14-10(11(13)16-6)7-3-4-9(15-2)8(12)5-7/h3-5H,13H2,1-2H3. The number of benzene rings is 1. The number of methoxy groups -OCH3 is 1. The molecule has 1 aromatic carbocycles. The van der Waals surface area contributed by atoms with Crippen LogP contribution in [0.4, 0.5) is 5.00 Å². The Bertz CT molecular complexity index is 525. The number of hydrogen-bond donors (Lipinski definition) is 1. The van der Waals surface area contributed by atoms with Crippen LogP contribution in [-0.4, -0.2) is 12.1 Å². The van der Waals surface area contributed by atoms with Gasteiger partial charge in [-0.25, -0.2) is 4.98 Å². The van der Waals surface area contributed by atoms with Crippen LogP contribution in [0, 0.1) is 6.92 Å². The molecule has 5 heteroatoms. The van der Waals surface area contributed by atoms with Crippen molar-refractivity contribution in [3.8, 4) is 17.0 Å². The molecule has 0 spiro atoms. The van der Waals surface area contributed by atoms with Crippen LogP contribution < -0.4 is 10.5 Å². The van der Waals surface area contributed by atoms with E-state index < -0.39 is 0 Å². The van der Waals surface area contributed by atoms with Gasteiger partial charge in [0.15, 0.2) is 0 Å². The molecular formula is C11H11BrN2OS. The molecule has 0 aliphatic rings. The zero-order chi connectivity index (χ0) is 11.7. The van der Waals surface area contributed by atoms with Crippen LogP contribution >= 0.6 is 27.3 Å². The number of hydrogen-bond acceptors (Lipinski definition) is 4. The fourth-order valence-corrected chi connectivity index (χ4v) is 2.72. The van der Waals surface area contributed by atoms with Gasteiger partial charge in [0, 0.05) is 5.56 Å². The van der Waals surface area contributed by atoms with E-state index in [-0.39, 0.29) is 0 Å². The Kier molecular flexibility index (Phi) is 3.16. The number of rotatable bonds is 2. The van der Waals surface area contributed by atoms with E-state index in [1.54, 1.807) is 7.11 Å². The Labute approximate surface area is 106 Å². The lowest BCUT2D eigenvalue weighted by atomic mass is 10.1. The summed E-state index contributed by atoms with van der Waals surface area (Å²) in [6.07, 6.45) is 0. The predicted molar refractivity (Wildman–Crippen MR) is 71.0 cm³/mol. The molecule has 16 heavy (non-hydrogen) atoms. The number of aromatic nitrogens is 1. The van der Waals surface area contributed by atoms with Crippen LogP contribution in [0.5, 0.6) is 5.75 Å². The van der Waals surface area contributed by atoms with Gasteiger partial charge in [0.05, 0.1) is 16.6 Å². The average molecular weight is 299 g/mol. The number of nitrogen functional groups attached to an aromatic ring is 1. The van der Waals surface area contributed by atoms with Crippen LogP contribution in [0.25, 0.3) is 11.3 Å².